The van der Waals surface area contributed by atoms with Gasteiger partial charge in [-0.25, -0.2) is 9.97 Å². The molecule has 3 aliphatic rings. The van der Waals surface area contributed by atoms with Crippen molar-refractivity contribution >= 4 is 30.6 Å². The van der Waals surface area contributed by atoms with Gasteiger partial charge in [0.25, 0.3) is 0 Å². The quantitative estimate of drug-likeness (QED) is 0.777. The molecule has 4 heterocycles. The van der Waals surface area contributed by atoms with E-state index in [9.17, 15) is 0 Å². The molecule has 2 aliphatic heterocycles. The van der Waals surface area contributed by atoms with Crippen molar-refractivity contribution in [3.63, 3.8) is 0 Å². The minimum absolute atomic E-state index is 0. The molecule has 8 heteroatoms. The summed E-state index contributed by atoms with van der Waals surface area (Å²) in [6, 6.07) is 4.13. The first-order chi connectivity index (χ1) is 12.8. The van der Waals surface area contributed by atoms with Gasteiger partial charge in [0.2, 0.25) is 0 Å². The first-order valence-corrected chi connectivity index (χ1v) is 9.86. The minimum atomic E-state index is 0. The summed E-state index contributed by atoms with van der Waals surface area (Å²) in [6.07, 6.45) is 9.63. The van der Waals surface area contributed by atoms with Crippen LogP contribution in [0.2, 0.25) is 0 Å². The zero-order valence-corrected chi connectivity index (χ0v) is 17.5. The smallest absolute Gasteiger partial charge is 0.197 e. The van der Waals surface area contributed by atoms with Gasteiger partial charge in [-0.3, -0.25) is 0 Å². The number of halogens is 2. The average Bonchev–Trinajstić information content (AvgIpc) is 3.37. The molecule has 0 amide bonds. The number of nitrogens with one attached hydrogen (secondary N) is 2. The summed E-state index contributed by atoms with van der Waals surface area (Å²) >= 11 is 0. The van der Waals surface area contributed by atoms with Crippen molar-refractivity contribution in [1.82, 2.24) is 15.3 Å². The van der Waals surface area contributed by atoms with Crippen LogP contribution in [0.1, 0.15) is 43.4 Å². The Balaban J connectivity index is 0.00000112. The fourth-order valence-electron chi connectivity index (χ4n) is 4.68. The summed E-state index contributed by atoms with van der Waals surface area (Å²) in [5.41, 5.74) is 2.50. The van der Waals surface area contributed by atoms with Crippen LogP contribution >= 0.6 is 24.8 Å². The van der Waals surface area contributed by atoms with Gasteiger partial charge in [-0.1, -0.05) is 12.8 Å². The second kappa shape index (κ2) is 8.99. The zero-order valence-electron chi connectivity index (χ0n) is 15.9. The van der Waals surface area contributed by atoms with Crippen LogP contribution in [0.25, 0.3) is 11.6 Å². The Morgan fingerprint density at radius 3 is 2.71 bits per heavy atom. The molecule has 2 aromatic rings. The lowest BCUT2D eigenvalue weighted by molar-refractivity contribution is 0.0103. The Morgan fingerprint density at radius 1 is 1.11 bits per heavy atom. The number of fused-ring (bicyclic) bond motifs is 1. The van der Waals surface area contributed by atoms with Crippen molar-refractivity contribution in [2.45, 2.75) is 56.6 Å². The summed E-state index contributed by atoms with van der Waals surface area (Å²) in [7, 11) is 0. The van der Waals surface area contributed by atoms with Gasteiger partial charge in [-0.05, 0) is 44.4 Å². The lowest BCUT2D eigenvalue weighted by Gasteiger charge is -2.22. The molecular weight excluding hydrogens is 399 g/mol. The normalized spacial score (nSPS) is 22.8. The van der Waals surface area contributed by atoms with Crippen LogP contribution in [-0.4, -0.2) is 41.3 Å². The van der Waals surface area contributed by atoms with Gasteiger partial charge in [-0.2, -0.15) is 0 Å². The number of furan rings is 1. The number of aromatic nitrogens is 2. The molecule has 0 aromatic carbocycles. The van der Waals surface area contributed by atoms with Crippen LogP contribution in [0.5, 0.6) is 0 Å². The van der Waals surface area contributed by atoms with E-state index in [1.165, 1.54) is 31.2 Å². The molecule has 1 unspecified atom stereocenters. The fourth-order valence-corrected chi connectivity index (χ4v) is 4.68. The molecule has 28 heavy (non-hydrogen) atoms. The highest BCUT2D eigenvalue weighted by Gasteiger charge is 2.42. The molecule has 1 saturated heterocycles. The maximum Gasteiger partial charge on any atom is 0.197 e. The first kappa shape index (κ1) is 21.4. The fraction of sp³-hybridized carbons (Fsp3) is 0.600. The van der Waals surface area contributed by atoms with Gasteiger partial charge in [0, 0.05) is 18.5 Å². The van der Waals surface area contributed by atoms with Gasteiger partial charge in [0.05, 0.1) is 30.2 Å². The van der Waals surface area contributed by atoms with Crippen molar-refractivity contribution in [1.29, 1.82) is 0 Å². The molecule has 1 atom stereocenters. The average molecular weight is 427 g/mol. The molecule has 1 saturated carbocycles. The van der Waals surface area contributed by atoms with Crippen LogP contribution in [0.15, 0.2) is 22.8 Å². The van der Waals surface area contributed by atoms with Crippen LogP contribution in [0.3, 0.4) is 0 Å². The van der Waals surface area contributed by atoms with Crippen LogP contribution in [-0.2, 0) is 17.6 Å². The van der Waals surface area contributed by atoms with Gasteiger partial charge in [-0.15, -0.1) is 24.8 Å². The van der Waals surface area contributed by atoms with Gasteiger partial charge in [0.15, 0.2) is 11.6 Å². The summed E-state index contributed by atoms with van der Waals surface area (Å²) in [5.74, 6) is 2.37. The van der Waals surface area contributed by atoms with Crippen LogP contribution < -0.4 is 10.6 Å². The van der Waals surface area contributed by atoms with E-state index in [4.69, 9.17) is 19.1 Å². The number of hydrogen-bond donors (Lipinski definition) is 2. The van der Waals surface area contributed by atoms with Crippen LogP contribution in [0, 0.1) is 0 Å². The molecular formula is C20H28Cl2N4O2. The third kappa shape index (κ3) is 4.15. The van der Waals surface area contributed by atoms with E-state index in [0.717, 1.165) is 56.2 Å². The highest BCUT2D eigenvalue weighted by atomic mass is 35.5. The SMILES string of the molecule is Cl.Cl.c1coc(-c2nc3c(c(NC4COC5(CCCC5)C4)n2)CCNCC3)c1. The zero-order chi connectivity index (χ0) is 17.4. The first-order valence-electron chi connectivity index (χ1n) is 9.86. The van der Waals surface area contributed by atoms with Crippen molar-refractivity contribution in [2.75, 3.05) is 25.0 Å². The second-order valence-electron chi connectivity index (χ2n) is 7.79. The third-order valence-electron chi connectivity index (χ3n) is 5.99. The molecule has 0 bridgehead atoms. The Morgan fingerprint density at radius 2 is 1.93 bits per heavy atom. The number of hydrogen-bond acceptors (Lipinski definition) is 6. The Bertz CT molecular complexity index is 779. The molecule has 2 N–H and O–H groups in total. The number of anilines is 1. The monoisotopic (exact) mass is 426 g/mol. The highest BCUT2D eigenvalue weighted by molar-refractivity contribution is 5.85. The van der Waals surface area contributed by atoms with Gasteiger partial charge < -0.3 is 19.8 Å². The molecule has 2 aromatic heterocycles. The number of nitrogens with zero attached hydrogens (tertiary/aromatic N) is 2. The third-order valence-corrected chi connectivity index (χ3v) is 5.99. The molecule has 1 spiro atoms. The van der Waals surface area contributed by atoms with E-state index in [2.05, 4.69) is 10.6 Å². The molecule has 154 valence electrons. The number of rotatable bonds is 3. The molecule has 0 radical (unpaired) electrons. The lowest BCUT2D eigenvalue weighted by atomic mass is 9.96. The van der Waals surface area contributed by atoms with E-state index in [0.29, 0.717) is 11.9 Å². The maximum absolute atomic E-state index is 6.22. The Labute approximate surface area is 178 Å². The van der Waals surface area contributed by atoms with Crippen molar-refractivity contribution < 1.29 is 9.15 Å². The second-order valence-corrected chi connectivity index (χ2v) is 7.79. The highest BCUT2D eigenvalue weighted by Crippen LogP contribution is 2.41. The standard InChI is InChI=1S/C20H26N4O2.2ClH/c1-2-8-20(7-1)12-14(13-26-20)22-18-15-5-9-21-10-6-16(15)23-19(24-18)17-4-3-11-25-17;;/h3-4,11,14,21H,1-2,5-10,12-13H2,(H,22,23,24);2*1H. The van der Waals surface area contributed by atoms with E-state index >= 15 is 0 Å². The molecule has 1 aliphatic carbocycles. The maximum atomic E-state index is 6.22. The summed E-state index contributed by atoms with van der Waals surface area (Å²) in [5, 5.41) is 7.17. The van der Waals surface area contributed by atoms with Gasteiger partial charge in [0.1, 0.15) is 5.82 Å². The summed E-state index contributed by atoms with van der Waals surface area (Å²) in [4.78, 5) is 9.66. The Hall–Kier alpha value is -1.34. The van der Waals surface area contributed by atoms with Gasteiger partial charge >= 0.3 is 0 Å². The predicted molar refractivity (Wildman–Crippen MR) is 114 cm³/mol. The van der Waals surface area contributed by atoms with E-state index in [1.807, 2.05) is 12.1 Å². The molecule has 2 fully saturated rings. The van der Waals surface area contributed by atoms with Crippen molar-refractivity contribution in [3.8, 4) is 11.6 Å². The van der Waals surface area contributed by atoms with E-state index in [-0.39, 0.29) is 30.4 Å². The largest absolute Gasteiger partial charge is 0.461 e. The van der Waals surface area contributed by atoms with Crippen molar-refractivity contribution in [2.24, 2.45) is 0 Å². The Kier molecular flexibility index (Phi) is 6.86. The van der Waals surface area contributed by atoms with E-state index in [1.54, 1.807) is 6.26 Å². The van der Waals surface area contributed by atoms with Crippen LogP contribution in [0.4, 0.5) is 5.82 Å². The predicted octanol–water partition coefficient (Wildman–Crippen LogP) is 3.78. The summed E-state index contributed by atoms with van der Waals surface area (Å²) < 4.78 is 11.8. The van der Waals surface area contributed by atoms with E-state index < -0.39 is 0 Å². The lowest BCUT2D eigenvalue weighted by Crippen LogP contribution is -2.26. The summed E-state index contributed by atoms with van der Waals surface area (Å²) in [6.45, 7) is 2.69. The van der Waals surface area contributed by atoms with Crippen molar-refractivity contribution in [3.05, 3.63) is 29.7 Å². The topological polar surface area (TPSA) is 72.2 Å². The molecule has 5 rings (SSSR count). The minimum Gasteiger partial charge on any atom is -0.461 e. The molecule has 6 nitrogen and oxygen atoms in total. The number of ether oxygens (including phenoxy) is 1.